The molecule has 0 aliphatic carbocycles. The van der Waals surface area contributed by atoms with Gasteiger partial charge in [-0.2, -0.15) is 0 Å². The number of nitrogens with zero attached hydrogens (tertiary/aromatic N) is 1. The van der Waals surface area contributed by atoms with E-state index in [2.05, 4.69) is 23.3 Å². The minimum atomic E-state index is 0.290. The second-order valence-corrected chi connectivity index (χ2v) is 4.19. The van der Waals surface area contributed by atoms with Crippen LogP contribution in [0.3, 0.4) is 0 Å². The molecule has 0 bridgehead atoms. The van der Waals surface area contributed by atoms with E-state index in [1.165, 1.54) is 11.1 Å². The molecule has 0 radical (unpaired) electrons. The van der Waals surface area contributed by atoms with Crippen LogP contribution in [0.4, 0.5) is 0 Å². The molecule has 0 aliphatic heterocycles. The Morgan fingerprint density at radius 3 is 2.61 bits per heavy atom. The quantitative estimate of drug-likeness (QED) is 0.875. The average molecular weight is 242 g/mol. The van der Waals surface area contributed by atoms with E-state index >= 15 is 0 Å². The lowest BCUT2D eigenvalue weighted by molar-refractivity contribution is 0.406. The van der Waals surface area contributed by atoms with Crippen LogP contribution >= 0.6 is 0 Å². The molecule has 1 atom stereocenters. The largest absolute Gasteiger partial charge is 0.496 e. The van der Waals surface area contributed by atoms with E-state index in [1.807, 2.05) is 42.7 Å². The van der Waals surface area contributed by atoms with Crippen molar-refractivity contribution in [1.82, 2.24) is 10.3 Å². The minimum Gasteiger partial charge on any atom is -0.496 e. The zero-order chi connectivity index (χ0) is 12.8. The van der Waals surface area contributed by atoms with Gasteiger partial charge in [0.1, 0.15) is 5.75 Å². The number of hydrogen-bond donors (Lipinski definition) is 1. The molecule has 1 aromatic heterocycles. The van der Waals surface area contributed by atoms with Gasteiger partial charge in [0, 0.05) is 30.5 Å². The Kier molecular flexibility index (Phi) is 4.31. The molecule has 1 heterocycles. The number of methoxy groups -OCH3 is 1. The summed E-state index contributed by atoms with van der Waals surface area (Å²) in [6.45, 7) is 2.93. The number of pyridine rings is 1. The van der Waals surface area contributed by atoms with Crippen molar-refractivity contribution in [3.05, 3.63) is 59.9 Å². The Balaban J connectivity index is 1.99. The Morgan fingerprint density at radius 2 is 1.89 bits per heavy atom. The van der Waals surface area contributed by atoms with E-state index in [-0.39, 0.29) is 6.04 Å². The maximum Gasteiger partial charge on any atom is 0.123 e. The molecule has 2 rings (SSSR count). The van der Waals surface area contributed by atoms with Crippen LogP contribution in [0.15, 0.2) is 48.8 Å². The summed E-state index contributed by atoms with van der Waals surface area (Å²) in [7, 11) is 1.70. The van der Waals surface area contributed by atoms with E-state index < -0.39 is 0 Å². The molecule has 0 saturated carbocycles. The van der Waals surface area contributed by atoms with E-state index in [0.29, 0.717) is 0 Å². The molecule has 0 fully saturated rings. The van der Waals surface area contributed by atoms with Crippen molar-refractivity contribution in [3.63, 3.8) is 0 Å². The summed E-state index contributed by atoms with van der Waals surface area (Å²) >= 11 is 0. The van der Waals surface area contributed by atoms with E-state index in [1.54, 1.807) is 7.11 Å². The SMILES string of the molecule is COc1ccccc1CN[C@H](C)c1ccncc1. The Morgan fingerprint density at radius 1 is 1.17 bits per heavy atom. The van der Waals surface area contributed by atoms with Gasteiger partial charge in [0.2, 0.25) is 0 Å². The number of rotatable bonds is 5. The maximum absolute atomic E-state index is 5.33. The molecule has 2 aromatic rings. The topological polar surface area (TPSA) is 34.1 Å². The van der Waals surface area contributed by atoms with Crippen LogP contribution < -0.4 is 10.1 Å². The smallest absolute Gasteiger partial charge is 0.123 e. The summed E-state index contributed by atoms with van der Waals surface area (Å²) in [5.41, 5.74) is 2.40. The first kappa shape index (κ1) is 12.6. The Hall–Kier alpha value is -1.87. The fourth-order valence-electron chi connectivity index (χ4n) is 1.88. The van der Waals surface area contributed by atoms with Crippen LogP contribution in [0, 0.1) is 0 Å². The summed E-state index contributed by atoms with van der Waals surface area (Å²) < 4.78 is 5.33. The molecular formula is C15H18N2O. The minimum absolute atomic E-state index is 0.290. The van der Waals surface area contributed by atoms with Gasteiger partial charge in [-0.3, -0.25) is 4.98 Å². The molecule has 0 spiro atoms. The van der Waals surface area contributed by atoms with Gasteiger partial charge >= 0.3 is 0 Å². The van der Waals surface area contributed by atoms with Crippen LogP contribution in [0.5, 0.6) is 5.75 Å². The van der Waals surface area contributed by atoms with Gasteiger partial charge in [0.25, 0.3) is 0 Å². The lowest BCUT2D eigenvalue weighted by Crippen LogP contribution is -2.18. The fourth-order valence-corrected chi connectivity index (χ4v) is 1.88. The van der Waals surface area contributed by atoms with Gasteiger partial charge in [-0.25, -0.2) is 0 Å². The molecule has 0 unspecified atom stereocenters. The lowest BCUT2D eigenvalue weighted by Gasteiger charge is -2.15. The summed E-state index contributed by atoms with van der Waals surface area (Å²) in [5, 5.41) is 3.48. The van der Waals surface area contributed by atoms with Gasteiger partial charge in [-0.05, 0) is 30.7 Å². The van der Waals surface area contributed by atoms with Gasteiger partial charge in [0.15, 0.2) is 0 Å². The highest BCUT2D eigenvalue weighted by Crippen LogP contribution is 2.18. The van der Waals surface area contributed by atoms with E-state index in [9.17, 15) is 0 Å². The van der Waals surface area contributed by atoms with Gasteiger partial charge in [-0.15, -0.1) is 0 Å². The van der Waals surface area contributed by atoms with Crippen molar-refractivity contribution in [2.24, 2.45) is 0 Å². The first-order valence-corrected chi connectivity index (χ1v) is 6.06. The standard InChI is InChI=1S/C15H18N2O/c1-12(13-7-9-16-10-8-13)17-11-14-5-3-4-6-15(14)18-2/h3-10,12,17H,11H2,1-2H3/t12-/m1/s1. The van der Waals surface area contributed by atoms with Crippen LogP contribution in [0.2, 0.25) is 0 Å². The molecule has 94 valence electrons. The fraction of sp³-hybridized carbons (Fsp3) is 0.267. The first-order chi connectivity index (χ1) is 8.81. The third kappa shape index (κ3) is 3.08. The van der Waals surface area contributed by atoms with Gasteiger partial charge in [0.05, 0.1) is 7.11 Å². The zero-order valence-electron chi connectivity index (χ0n) is 10.8. The van der Waals surface area contributed by atoms with Crippen LogP contribution in [0.1, 0.15) is 24.1 Å². The highest BCUT2D eigenvalue weighted by atomic mass is 16.5. The number of nitrogens with one attached hydrogen (secondary N) is 1. The van der Waals surface area contributed by atoms with Crippen molar-refractivity contribution in [2.75, 3.05) is 7.11 Å². The molecule has 1 N–H and O–H groups in total. The van der Waals surface area contributed by atoms with Crippen molar-refractivity contribution in [1.29, 1.82) is 0 Å². The van der Waals surface area contributed by atoms with Crippen molar-refractivity contribution in [3.8, 4) is 5.75 Å². The summed E-state index contributed by atoms with van der Waals surface area (Å²) in [4.78, 5) is 4.03. The number of aromatic nitrogens is 1. The molecule has 0 aliphatic rings. The number of para-hydroxylation sites is 1. The summed E-state index contributed by atoms with van der Waals surface area (Å²) in [5.74, 6) is 0.923. The normalized spacial score (nSPS) is 12.1. The van der Waals surface area contributed by atoms with Crippen LogP contribution in [0.25, 0.3) is 0 Å². The predicted molar refractivity (Wildman–Crippen MR) is 72.5 cm³/mol. The first-order valence-electron chi connectivity index (χ1n) is 6.06. The maximum atomic E-state index is 5.33. The van der Waals surface area contributed by atoms with Crippen molar-refractivity contribution in [2.45, 2.75) is 19.5 Å². The highest BCUT2D eigenvalue weighted by Gasteiger charge is 2.06. The molecule has 3 nitrogen and oxygen atoms in total. The lowest BCUT2D eigenvalue weighted by atomic mass is 10.1. The van der Waals surface area contributed by atoms with Gasteiger partial charge < -0.3 is 10.1 Å². The molecule has 0 saturated heterocycles. The number of hydrogen-bond acceptors (Lipinski definition) is 3. The number of ether oxygens (including phenoxy) is 1. The van der Waals surface area contributed by atoms with E-state index in [4.69, 9.17) is 4.74 Å². The second kappa shape index (κ2) is 6.17. The highest BCUT2D eigenvalue weighted by molar-refractivity contribution is 5.33. The molecule has 0 amide bonds. The summed E-state index contributed by atoms with van der Waals surface area (Å²) in [6.07, 6.45) is 3.63. The molecule has 1 aromatic carbocycles. The molecule has 18 heavy (non-hydrogen) atoms. The van der Waals surface area contributed by atoms with E-state index in [0.717, 1.165) is 12.3 Å². The molecular weight excluding hydrogens is 224 g/mol. The molecule has 3 heteroatoms. The Labute approximate surface area is 108 Å². The predicted octanol–water partition coefficient (Wildman–Crippen LogP) is 2.94. The summed E-state index contributed by atoms with van der Waals surface area (Å²) in [6, 6.07) is 12.4. The number of benzene rings is 1. The van der Waals surface area contributed by atoms with Crippen molar-refractivity contribution >= 4 is 0 Å². The zero-order valence-corrected chi connectivity index (χ0v) is 10.8. The Bertz CT molecular complexity index is 485. The third-order valence-corrected chi connectivity index (χ3v) is 3.00. The van der Waals surface area contributed by atoms with Crippen LogP contribution in [-0.2, 0) is 6.54 Å². The average Bonchev–Trinajstić information content (AvgIpc) is 2.46. The van der Waals surface area contributed by atoms with Crippen molar-refractivity contribution < 1.29 is 4.74 Å². The van der Waals surface area contributed by atoms with Gasteiger partial charge in [-0.1, -0.05) is 18.2 Å². The third-order valence-electron chi connectivity index (χ3n) is 3.00. The monoisotopic (exact) mass is 242 g/mol. The second-order valence-electron chi connectivity index (χ2n) is 4.19. The van der Waals surface area contributed by atoms with Crippen LogP contribution in [-0.4, -0.2) is 12.1 Å².